The maximum atomic E-state index is 10.8. The molecule has 0 saturated heterocycles. The number of aliphatic hydroxyl groups excluding tert-OH is 1. The van der Waals surface area contributed by atoms with Crippen LogP contribution in [-0.2, 0) is 4.79 Å². The molecule has 1 aliphatic carbocycles. The minimum atomic E-state index is -0.817. The first-order valence-electron chi connectivity index (χ1n) is 4.39. The van der Waals surface area contributed by atoms with Crippen LogP contribution in [0.3, 0.4) is 0 Å². The molecule has 0 aromatic heterocycles. The van der Waals surface area contributed by atoms with Crippen molar-refractivity contribution < 1.29 is 15.0 Å². The molecule has 3 nitrogen and oxygen atoms in total. The van der Waals surface area contributed by atoms with Crippen molar-refractivity contribution in [1.29, 1.82) is 0 Å². The minimum absolute atomic E-state index is 0.199. The lowest BCUT2D eigenvalue weighted by Crippen LogP contribution is -2.03. The van der Waals surface area contributed by atoms with Gasteiger partial charge in [0.2, 0.25) is 0 Å². The summed E-state index contributed by atoms with van der Waals surface area (Å²) >= 11 is 0. The highest BCUT2D eigenvalue weighted by molar-refractivity contribution is 5.76. The summed E-state index contributed by atoms with van der Waals surface area (Å²) in [5.74, 6) is -1.20. The molecule has 1 rings (SSSR count). The second-order valence-corrected chi connectivity index (χ2v) is 4.50. The van der Waals surface area contributed by atoms with Crippen molar-refractivity contribution in [1.82, 2.24) is 0 Å². The summed E-state index contributed by atoms with van der Waals surface area (Å²) in [5.41, 5.74) is 0.509. The van der Waals surface area contributed by atoms with Gasteiger partial charge in [-0.25, -0.2) is 0 Å². The fourth-order valence-electron chi connectivity index (χ4n) is 1.92. The van der Waals surface area contributed by atoms with E-state index >= 15 is 0 Å². The average Bonchev–Trinajstić information content (AvgIpc) is 2.51. The van der Waals surface area contributed by atoms with Crippen LogP contribution in [0.2, 0.25) is 0 Å². The number of allylic oxidation sites excluding steroid dienone is 2. The molecule has 0 aromatic rings. The molecule has 3 heteroatoms. The number of rotatable bonds is 2. The van der Waals surface area contributed by atoms with Gasteiger partial charge >= 0.3 is 5.97 Å². The largest absolute Gasteiger partial charge is 0.512 e. The van der Waals surface area contributed by atoms with Crippen LogP contribution < -0.4 is 0 Å². The molecule has 2 N–H and O–H groups in total. The Morgan fingerprint density at radius 2 is 1.62 bits per heavy atom. The van der Waals surface area contributed by atoms with E-state index in [0.29, 0.717) is 0 Å². The van der Waals surface area contributed by atoms with Crippen LogP contribution in [0, 0.1) is 17.3 Å². The van der Waals surface area contributed by atoms with Gasteiger partial charge < -0.3 is 10.2 Å². The molecule has 0 heterocycles. The van der Waals surface area contributed by atoms with Gasteiger partial charge in [-0.05, 0) is 24.8 Å². The summed E-state index contributed by atoms with van der Waals surface area (Å²) in [7, 11) is 0. The zero-order valence-corrected chi connectivity index (χ0v) is 8.46. The molecule has 0 spiro atoms. The molecule has 0 radical (unpaired) electrons. The predicted octanol–water partition coefficient (Wildman–Crippen LogP) is 2.20. The predicted molar refractivity (Wildman–Crippen MR) is 49.4 cm³/mol. The molecular formula is C10H16O3. The van der Waals surface area contributed by atoms with Crippen LogP contribution in [0.25, 0.3) is 0 Å². The number of carbonyl (C=O) groups is 1. The van der Waals surface area contributed by atoms with Crippen LogP contribution in [0.15, 0.2) is 11.3 Å². The Bertz CT molecular complexity index is 272. The first kappa shape index (κ1) is 10.1. The lowest BCUT2D eigenvalue weighted by atomic mass is 10.1. The maximum Gasteiger partial charge on any atom is 0.307 e. The fourth-order valence-corrected chi connectivity index (χ4v) is 1.92. The van der Waals surface area contributed by atoms with Crippen molar-refractivity contribution in [3.63, 3.8) is 0 Å². The van der Waals surface area contributed by atoms with Gasteiger partial charge in [-0.2, -0.15) is 0 Å². The molecule has 74 valence electrons. The molecule has 1 aliphatic rings. The Kier molecular flexibility index (Phi) is 2.14. The Balaban J connectivity index is 2.89. The van der Waals surface area contributed by atoms with E-state index in [2.05, 4.69) is 0 Å². The number of hydrogen-bond donors (Lipinski definition) is 2. The molecule has 1 saturated carbocycles. The van der Waals surface area contributed by atoms with E-state index < -0.39 is 11.9 Å². The van der Waals surface area contributed by atoms with Crippen molar-refractivity contribution in [3.8, 4) is 0 Å². The lowest BCUT2D eigenvalue weighted by molar-refractivity contribution is -0.139. The van der Waals surface area contributed by atoms with Crippen molar-refractivity contribution in [2.75, 3.05) is 0 Å². The molecule has 2 atom stereocenters. The fraction of sp³-hybridized carbons (Fsp3) is 0.700. The summed E-state index contributed by atoms with van der Waals surface area (Å²) in [6.07, 6.45) is 0. The van der Waals surface area contributed by atoms with Crippen LogP contribution in [0.5, 0.6) is 0 Å². The minimum Gasteiger partial charge on any atom is -0.512 e. The van der Waals surface area contributed by atoms with E-state index in [4.69, 9.17) is 5.11 Å². The quantitative estimate of drug-likeness (QED) is 0.647. The summed E-state index contributed by atoms with van der Waals surface area (Å²) < 4.78 is 0. The van der Waals surface area contributed by atoms with Crippen molar-refractivity contribution in [3.05, 3.63) is 11.3 Å². The number of aliphatic carboxylic acids is 1. The van der Waals surface area contributed by atoms with Crippen LogP contribution in [-0.4, -0.2) is 16.2 Å². The van der Waals surface area contributed by atoms with E-state index in [-0.39, 0.29) is 17.1 Å². The highest BCUT2D eigenvalue weighted by Crippen LogP contribution is 2.61. The highest BCUT2D eigenvalue weighted by Gasteiger charge is 2.64. The molecule has 0 aromatic carbocycles. The Hall–Kier alpha value is -0.990. The van der Waals surface area contributed by atoms with Gasteiger partial charge in [0, 0.05) is 5.92 Å². The van der Waals surface area contributed by atoms with Gasteiger partial charge in [0.05, 0.1) is 11.7 Å². The Labute approximate surface area is 78.1 Å². The van der Waals surface area contributed by atoms with Gasteiger partial charge in [0.1, 0.15) is 0 Å². The van der Waals surface area contributed by atoms with Gasteiger partial charge in [-0.1, -0.05) is 13.8 Å². The third-order valence-corrected chi connectivity index (χ3v) is 2.90. The second-order valence-electron chi connectivity index (χ2n) is 4.50. The molecule has 0 bridgehead atoms. The average molecular weight is 184 g/mol. The number of carboxylic acids is 1. The zero-order chi connectivity index (χ0) is 10.4. The van der Waals surface area contributed by atoms with Crippen LogP contribution in [0.1, 0.15) is 27.7 Å². The van der Waals surface area contributed by atoms with E-state index in [1.807, 2.05) is 13.8 Å². The summed E-state index contributed by atoms with van der Waals surface area (Å²) in [6.45, 7) is 7.33. The Morgan fingerprint density at radius 1 is 1.15 bits per heavy atom. The lowest BCUT2D eigenvalue weighted by Gasteiger charge is -2.02. The van der Waals surface area contributed by atoms with E-state index in [0.717, 1.165) is 5.57 Å². The van der Waals surface area contributed by atoms with Gasteiger partial charge in [0.25, 0.3) is 0 Å². The monoisotopic (exact) mass is 184 g/mol. The molecule has 13 heavy (non-hydrogen) atoms. The third-order valence-electron chi connectivity index (χ3n) is 2.90. The number of carboxylic acid groups (broad SMARTS) is 1. The van der Waals surface area contributed by atoms with Crippen LogP contribution >= 0.6 is 0 Å². The normalized spacial score (nSPS) is 29.5. The van der Waals surface area contributed by atoms with Crippen molar-refractivity contribution >= 4 is 5.97 Å². The molecule has 0 amide bonds. The standard InChI is InChI=1S/C10H16O3/c1-5(2)8(11)6-7(9(12)13)10(6,3)4/h6-7,11H,1-4H3,(H,12,13)/t6-,7+/m1/s1. The number of hydrogen-bond acceptors (Lipinski definition) is 2. The number of aliphatic hydroxyl groups is 1. The summed E-state index contributed by atoms with van der Waals surface area (Å²) in [4.78, 5) is 10.8. The van der Waals surface area contributed by atoms with Crippen molar-refractivity contribution in [2.45, 2.75) is 27.7 Å². The smallest absolute Gasteiger partial charge is 0.307 e. The van der Waals surface area contributed by atoms with E-state index in [9.17, 15) is 9.90 Å². The molecular weight excluding hydrogens is 168 g/mol. The summed E-state index contributed by atoms with van der Waals surface area (Å²) in [5, 5.41) is 18.5. The molecule has 0 aliphatic heterocycles. The van der Waals surface area contributed by atoms with Gasteiger partial charge in [0.15, 0.2) is 0 Å². The zero-order valence-electron chi connectivity index (χ0n) is 8.46. The second kappa shape index (κ2) is 2.76. The maximum absolute atomic E-state index is 10.8. The molecule has 1 fully saturated rings. The third kappa shape index (κ3) is 1.43. The topological polar surface area (TPSA) is 57.5 Å². The van der Waals surface area contributed by atoms with Crippen LogP contribution in [0.4, 0.5) is 0 Å². The highest BCUT2D eigenvalue weighted by atomic mass is 16.4. The first-order chi connectivity index (χ1) is 5.80. The van der Waals surface area contributed by atoms with E-state index in [1.54, 1.807) is 13.8 Å². The van der Waals surface area contributed by atoms with E-state index in [1.165, 1.54) is 0 Å². The summed E-state index contributed by atoms with van der Waals surface area (Å²) in [6, 6.07) is 0. The van der Waals surface area contributed by atoms with Crippen molar-refractivity contribution in [2.24, 2.45) is 17.3 Å². The van der Waals surface area contributed by atoms with Gasteiger partial charge in [-0.15, -0.1) is 0 Å². The SMILES string of the molecule is CC(C)=C(O)[C@H]1[C@@H](C(=O)O)C1(C)C. The first-order valence-corrected chi connectivity index (χ1v) is 4.39. The Morgan fingerprint density at radius 3 is 1.85 bits per heavy atom. The van der Waals surface area contributed by atoms with Gasteiger partial charge in [-0.3, -0.25) is 4.79 Å². The molecule has 0 unspecified atom stereocenters.